The minimum absolute atomic E-state index is 0.0247. The van der Waals surface area contributed by atoms with Crippen molar-refractivity contribution in [2.75, 3.05) is 34.0 Å². The van der Waals surface area contributed by atoms with Gasteiger partial charge in [-0.2, -0.15) is 0 Å². The van der Waals surface area contributed by atoms with Gasteiger partial charge in [-0.1, -0.05) is 71.1 Å². The van der Waals surface area contributed by atoms with Gasteiger partial charge in [-0.15, -0.1) is 0 Å². The maximum absolute atomic E-state index is 14.5. The summed E-state index contributed by atoms with van der Waals surface area (Å²) < 4.78 is 29.4. The molecule has 0 aromatic carbocycles. The molecule has 0 aromatic rings. The topological polar surface area (TPSA) is 253 Å². The molecule has 17 heteroatoms. The molecule has 0 radical (unpaired) electrons. The Hall–Kier alpha value is -3.94. The number of piperidine rings is 1. The molecule has 3 aliphatic heterocycles. The molecular weight excluding hydrogens is 931 g/mol. The smallest absolute Gasteiger partial charge is 0.329 e. The molecule has 5 N–H and O–H groups in total. The number of esters is 2. The summed E-state index contributed by atoms with van der Waals surface area (Å²) in [6.07, 6.45) is 8.11. The number of aliphatic hydroxyl groups is 5. The fourth-order valence-corrected chi connectivity index (χ4v) is 10.4. The van der Waals surface area contributed by atoms with Crippen molar-refractivity contribution in [3.05, 3.63) is 47.6 Å². The first-order valence-corrected chi connectivity index (χ1v) is 26.0. The van der Waals surface area contributed by atoms with Crippen LogP contribution in [0.2, 0.25) is 0 Å². The Morgan fingerprint density at radius 3 is 2.22 bits per heavy atom. The highest BCUT2D eigenvalue weighted by atomic mass is 16.6. The number of hydrogen-bond acceptors (Lipinski definition) is 16. The fourth-order valence-electron chi connectivity index (χ4n) is 10.4. The van der Waals surface area contributed by atoms with Gasteiger partial charge in [0.15, 0.2) is 5.78 Å². The number of carbonyl (C=O) groups excluding carboxylic acids is 6. The van der Waals surface area contributed by atoms with E-state index in [4.69, 9.17) is 23.7 Å². The van der Waals surface area contributed by atoms with Crippen molar-refractivity contribution in [2.45, 2.75) is 187 Å². The highest BCUT2D eigenvalue weighted by molar-refractivity contribution is 6.39. The van der Waals surface area contributed by atoms with Crippen molar-refractivity contribution in [2.24, 2.45) is 40.9 Å². The average molecular weight is 1020 g/mol. The van der Waals surface area contributed by atoms with E-state index in [1.54, 1.807) is 58.9 Å². The lowest BCUT2D eigenvalue weighted by Gasteiger charge is -2.42. The summed E-state index contributed by atoms with van der Waals surface area (Å²) in [6.45, 7) is 12.4. The Morgan fingerprint density at radius 2 is 1.57 bits per heavy atom. The lowest BCUT2D eigenvalue weighted by Crippen LogP contribution is -2.61. The Balaban J connectivity index is 1.68. The molecule has 3 fully saturated rings. The highest BCUT2D eigenvalue weighted by Crippen LogP contribution is 2.38. The summed E-state index contributed by atoms with van der Waals surface area (Å²) in [5, 5.41) is 54.1. The summed E-state index contributed by atoms with van der Waals surface area (Å²) in [6, 6.07) is -1.22. The third-order valence-corrected chi connectivity index (χ3v) is 15.6. The van der Waals surface area contributed by atoms with Crippen molar-refractivity contribution < 1.29 is 78.0 Å². The first-order valence-electron chi connectivity index (χ1n) is 26.0. The standard InChI is InChI=1S/C55H85NO16/c1-32-16-12-11-13-17-33(2)42(59)28-40-21-19-38(7)55(67,72-40)50(63)51(64)56-23-15-14-18-41(56)52(65)70-45(29-43(60)34(3)25-37(6)48(62)49(69-10)47(61)36(5)24-32)35(4)26-39-20-22-44(46(27-39)68-9)71-53(66)54(8,30-57)31-58/h11-13,16-17,25,32,34-36,38-42,44-46,48-49,57-59,62,67H,14-15,18-24,26-31H2,1-10H3/b13-11?,16-12-,33-17?,37-25-/t32-,34-,35-,36-,38-,39+,40+,41+,42?,44-,45+,46-,48-,49+,55-/m1/s1. The van der Waals surface area contributed by atoms with Crippen LogP contribution < -0.4 is 0 Å². The summed E-state index contributed by atoms with van der Waals surface area (Å²) in [5.41, 5.74) is -0.548. The quantitative estimate of drug-likeness (QED) is 0.115. The van der Waals surface area contributed by atoms with Gasteiger partial charge in [-0.05, 0) is 114 Å². The molecule has 17 nitrogen and oxygen atoms in total. The Labute approximate surface area is 426 Å². The molecule has 4 aliphatic rings. The predicted octanol–water partition coefficient (Wildman–Crippen LogP) is 5.07. The number of ether oxygens (including phenoxy) is 5. The largest absolute Gasteiger partial charge is 0.460 e. The fraction of sp³-hybridized carbons (Fsp3) is 0.745. The SMILES string of the molecule is CO[C@@H]1C[C@H](C[C@@H](C)[C@@H]2CC(=O)[C@H](C)/C=C(/C)[C@@H](O)[C@@H](OC)C(=O)[C@H](C)C[C@H](C)/C=C\C=CC=C(C)C(O)C[C@@H]3CC[C@@H](C)[C@@](O)(O3)C(=O)C(=O)N3CCCC[C@H]3C(=O)O2)CC[C@H]1OC(=O)C(C)(CO)CO. The molecule has 3 heterocycles. The molecule has 0 aromatic heterocycles. The second kappa shape index (κ2) is 27.6. The van der Waals surface area contributed by atoms with E-state index in [1.807, 2.05) is 26.0 Å². The summed E-state index contributed by atoms with van der Waals surface area (Å²) in [4.78, 5) is 85.1. The molecule has 406 valence electrons. The van der Waals surface area contributed by atoms with Crippen molar-refractivity contribution >= 4 is 35.2 Å². The lowest BCUT2D eigenvalue weighted by atomic mass is 9.78. The summed E-state index contributed by atoms with van der Waals surface area (Å²) in [5.74, 6) is -9.65. The van der Waals surface area contributed by atoms with Gasteiger partial charge in [0.2, 0.25) is 5.79 Å². The van der Waals surface area contributed by atoms with Gasteiger partial charge >= 0.3 is 11.9 Å². The van der Waals surface area contributed by atoms with Crippen molar-refractivity contribution in [1.82, 2.24) is 4.90 Å². The van der Waals surface area contributed by atoms with Crippen molar-refractivity contribution in [1.29, 1.82) is 0 Å². The first kappa shape index (κ1) is 60.6. The van der Waals surface area contributed by atoms with E-state index in [1.165, 1.54) is 21.1 Å². The third kappa shape index (κ3) is 15.6. The minimum atomic E-state index is -2.52. The average Bonchev–Trinajstić information content (AvgIpc) is 3.36. The van der Waals surface area contributed by atoms with Crippen LogP contribution in [0.5, 0.6) is 0 Å². The molecule has 2 saturated heterocycles. The summed E-state index contributed by atoms with van der Waals surface area (Å²) >= 11 is 0. The zero-order valence-corrected chi connectivity index (χ0v) is 44.3. The number of ketones is 3. The first-order chi connectivity index (χ1) is 33.9. The number of cyclic esters (lactones) is 1. The molecule has 1 amide bonds. The highest BCUT2D eigenvalue weighted by Gasteiger charge is 2.53. The Bertz CT molecular complexity index is 1990. The van der Waals surface area contributed by atoms with E-state index in [0.717, 1.165) is 4.90 Å². The number of amides is 1. The minimum Gasteiger partial charge on any atom is -0.460 e. The van der Waals surface area contributed by atoms with E-state index >= 15 is 0 Å². The van der Waals surface area contributed by atoms with E-state index < -0.39 is 120 Å². The van der Waals surface area contributed by atoms with Crippen LogP contribution in [0.25, 0.3) is 0 Å². The Kier molecular flexibility index (Phi) is 23.2. The monoisotopic (exact) mass is 1020 g/mol. The van der Waals surface area contributed by atoms with Crippen LogP contribution in [-0.2, 0) is 52.5 Å². The van der Waals surface area contributed by atoms with E-state index in [0.29, 0.717) is 68.9 Å². The van der Waals surface area contributed by atoms with Crippen LogP contribution in [0.3, 0.4) is 0 Å². The van der Waals surface area contributed by atoms with Gasteiger partial charge in [0.25, 0.3) is 11.7 Å². The molecule has 2 bridgehead atoms. The molecule has 0 spiro atoms. The van der Waals surface area contributed by atoms with Crippen LogP contribution >= 0.6 is 0 Å². The van der Waals surface area contributed by atoms with Gasteiger partial charge < -0.3 is 54.1 Å². The Morgan fingerprint density at radius 1 is 0.875 bits per heavy atom. The zero-order valence-electron chi connectivity index (χ0n) is 44.3. The van der Waals surface area contributed by atoms with Gasteiger partial charge in [-0.25, -0.2) is 4.79 Å². The number of hydrogen-bond donors (Lipinski definition) is 5. The number of Topliss-reactive ketones (excluding diaryl/α,β-unsaturated/α-hetero) is 3. The molecule has 15 atom stereocenters. The lowest BCUT2D eigenvalue weighted by molar-refractivity contribution is -0.265. The van der Waals surface area contributed by atoms with E-state index in [9.17, 15) is 54.3 Å². The van der Waals surface area contributed by atoms with E-state index in [-0.39, 0.29) is 49.2 Å². The second-order valence-corrected chi connectivity index (χ2v) is 21.6. The number of aliphatic hydroxyl groups excluding tert-OH is 4. The van der Waals surface area contributed by atoms with Crippen LogP contribution in [0.1, 0.15) is 132 Å². The van der Waals surface area contributed by atoms with E-state index in [2.05, 4.69) is 0 Å². The zero-order chi connectivity index (χ0) is 53.7. The number of nitrogens with zero attached hydrogens (tertiary/aromatic N) is 1. The van der Waals surface area contributed by atoms with Gasteiger partial charge in [0.1, 0.15) is 41.7 Å². The molecule has 72 heavy (non-hydrogen) atoms. The number of allylic oxidation sites excluding steroid dienone is 6. The predicted molar refractivity (Wildman–Crippen MR) is 266 cm³/mol. The van der Waals surface area contributed by atoms with Crippen LogP contribution in [-0.4, -0.2) is 154 Å². The second-order valence-electron chi connectivity index (χ2n) is 21.6. The molecule has 4 rings (SSSR count). The van der Waals surface area contributed by atoms with Crippen molar-refractivity contribution in [3.63, 3.8) is 0 Å². The number of fused-ring (bicyclic) bond motifs is 3. The molecule has 1 unspecified atom stereocenters. The number of carbonyl (C=O) groups is 6. The summed E-state index contributed by atoms with van der Waals surface area (Å²) in [7, 11) is 2.85. The van der Waals surface area contributed by atoms with Crippen LogP contribution in [0, 0.1) is 40.9 Å². The maximum atomic E-state index is 14.5. The van der Waals surface area contributed by atoms with Crippen LogP contribution in [0.15, 0.2) is 47.6 Å². The third-order valence-electron chi connectivity index (χ3n) is 15.6. The number of rotatable bonds is 9. The maximum Gasteiger partial charge on any atom is 0.329 e. The molecular formula is C55H85NO16. The van der Waals surface area contributed by atoms with Crippen molar-refractivity contribution in [3.8, 4) is 0 Å². The number of methoxy groups -OCH3 is 2. The van der Waals surface area contributed by atoms with Crippen LogP contribution in [0.4, 0.5) is 0 Å². The van der Waals surface area contributed by atoms with Gasteiger partial charge in [0, 0.05) is 51.4 Å². The molecule has 1 saturated carbocycles. The molecule has 1 aliphatic carbocycles. The van der Waals surface area contributed by atoms with Gasteiger partial charge in [0.05, 0.1) is 31.5 Å². The normalized spacial score (nSPS) is 36.6. The van der Waals surface area contributed by atoms with Gasteiger partial charge in [-0.3, -0.25) is 24.0 Å².